The van der Waals surface area contributed by atoms with Gasteiger partial charge in [-0.1, -0.05) is 75.9 Å². The van der Waals surface area contributed by atoms with Crippen molar-refractivity contribution in [3.63, 3.8) is 0 Å². The summed E-state index contributed by atoms with van der Waals surface area (Å²) in [5, 5.41) is 0. The molecular weight excluding hydrogens is 292 g/mol. The van der Waals surface area contributed by atoms with Gasteiger partial charge in [-0.3, -0.25) is 0 Å². The van der Waals surface area contributed by atoms with Crippen LogP contribution in [-0.2, 0) is 0 Å². The molecule has 2 aromatic carbocycles. The molecule has 0 unspecified atom stereocenters. The van der Waals surface area contributed by atoms with E-state index < -0.39 is 8.07 Å². The van der Waals surface area contributed by atoms with Gasteiger partial charge in [0.25, 0.3) is 0 Å². The van der Waals surface area contributed by atoms with Crippen molar-refractivity contribution in [2.45, 2.75) is 38.8 Å². The van der Waals surface area contributed by atoms with E-state index in [2.05, 4.69) is 74.9 Å². The van der Waals surface area contributed by atoms with Crippen molar-refractivity contribution in [2.24, 2.45) is 0 Å². The molecule has 0 aliphatic carbocycles. The van der Waals surface area contributed by atoms with Gasteiger partial charge in [-0.25, -0.2) is 0 Å². The SMILES string of the molecule is CC(C)[Si](C#Cc1ccccc1)(C#Cc1ccccc1)C(C)C. The first-order valence-electron chi connectivity index (χ1n) is 8.21. The van der Waals surface area contributed by atoms with Crippen molar-refractivity contribution in [2.75, 3.05) is 0 Å². The standard InChI is InChI=1S/C22H24Si/c1-19(2)23(20(3)4,17-15-21-11-7-5-8-12-21)18-16-22-13-9-6-10-14-22/h5-14,19-20H,1-4H3. The number of hydrogen-bond acceptors (Lipinski definition) is 0. The molecule has 2 aromatic rings. The molecule has 1 heteroatoms. The molecule has 0 spiro atoms. The van der Waals surface area contributed by atoms with Gasteiger partial charge in [-0.05, 0) is 35.3 Å². The lowest BCUT2D eigenvalue weighted by atomic mass is 10.2. The second-order valence-corrected chi connectivity index (χ2v) is 11.0. The van der Waals surface area contributed by atoms with Crippen LogP contribution in [0.2, 0.25) is 11.1 Å². The summed E-state index contributed by atoms with van der Waals surface area (Å²) in [5.41, 5.74) is 10.4. The van der Waals surface area contributed by atoms with E-state index in [1.54, 1.807) is 0 Å². The van der Waals surface area contributed by atoms with E-state index in [0.717, 1.165) is 11.1 Å². The Morgan fingerprint density at radius 3 is 1.26 bits per heavy atom. The fraction of sp³-hybridized carbons (Fsp3) is 0.273. The molecule has 0 amide bonds. The molecule has 0 N–H and O–H groups in total. The maximum absolute atomic E-state index is 3.63. The third-order valence-corrected chi connectivity index (χ3v) is 8.92. The zero-order valence-electron chi connectivity index (χ0n) is 14.4. The van der Waals surface area contributed by atoms with Crippen molar-refractivity contribution in [3.05, 3.63) is 71.8 Å². The van der Waals surface area contributed by atoms with E-state index in [1.807, 2.05) is 36.4 Å². The first-order chi connectivity index (χ1) is 11.0. The Morgan fingerprint density at radius 1 is 0.609 bits per heavy atom. The van der Waals surface area contributed by atoms with Crippen LogP contribution in [0.5, 0.6) is 0 Å². The van der Waals surface area contributed by atoms with Crippen molar-refractivity contribution < 1.29 is 0 Å². The second-order valence-electron chi connectivity index (χ2n) is 6.41. The van der Waals surface area contributed by atoms with Gasteiger partial charge in [0.15, 0.2) is 0 Å². The van der Waals surface area contributed by atoms with Gasteiger partial charge in [0.05, 0.1) is 0 Å². The van der Waals surface area contributed by atoms with Gasteiger partial charge >= 0.3 is 0 Å². The Labute approximate surface area is 142 Å². The average molecular weight is 317 g/mol. The maximum atomic E-state index is 3.63. The molecule has 116 valence electrons. The summed E-state index contributed by atoms with van der Waals surface area (Å²) >= 11 is 0. The summed E-state index contributed by atoms with van der Waals surface area (Å²) in [6.07, 6.45) is 0. The lowest BCUT2D eigenvalue weighted by Crippen LogP contribution is -2.39. The normalized spacial score (nSPS) is 10.7. The molecule has 0 radical (unpaired) electrons. The molecular formula is C22H24Si. The Hall–Kier alpha value is -2.22. The maximum Gasteiger partial charge on any atom is 0.222 e. The molecule has 0 aliphatic heterocycles. The predicted octanol–water partition coefficient (Wildman–Crippen LogP) is 5.44. The minimum atomic E-state index is -2.04. The van der Waals surface area contributed by atoms with Crippen LogP contribution in [0.15, 0.2) is 60.7 Å². The molecule has 0 saturated heterocycles. The molecule has 0 atom stereocenters. The topological polar surface area (TPSA) is 0 Å². The highest BCUT2D eigenvalue weighted by atomic mass is 28.3. The van der Waals surface area contributed by atoms with Crippen LogP contribution in [0.4, 0.5) is 0 Å². The quantitative estimate of drug-likeness (QED) is 0.511. The van der Waals surface area contributed by atoms with Crippen molar-refractivity contribution in [3.8, 4) is 22.9 Å². The van der Waals surface area contributed by atoms with Gasteiger partial charge in [0.2, 0.25) is 8.07 Å². The van der Waals surface area contributed by atoms with Crippen molar-refractivity contribution in [1.29, 1.82) is 0 Å². The van der Waals surface area contributed by atoms with E-state index in [1.165, 1.54) is 0 Å². The van der Waals surface area contributed by atoms with Gasteiger partial charge in [-0.15, -0.1) is 11.1 Å². The zero-order chi connectivity index (χ0) is 16.7. The fourth-order valence-electron chi connectivity index (χ4n) is 2.67. The van der Waals surface area contributed by atoms with E-state index in [-0.39, 0.29) is 0 Å². The lowest BCUT2D eigenvalue weighted by molar-refractivity contribution is 0.934. The molecule has 0 nitrogen and oxygen atoms in total. The molecule has 0 saturated carbocycles. The molecule has 0 fully saturated rings. The summed E-state index contributed by atoms with van der Waals surface area (Å²) in [5.74, 6) is 6.79. The van der Waals surface area contributed by atoms with E-state index >= 15 is 0 Å². The van der Waals surface area contributed by atoms with Crippen molar-refractivity contribution >= 4 is 8.07 Å². The molecule has 0 bridgehead atoms. The Morgan fingerprint density at radius 2 is 0.957 bits per heavy atom. The monoisotopic (exact) mass is 316 g/mol. The predicted molar refractivity (Wildman–Crippen MR) is 103 cm³/mol. The van der Waals surface area contributed by atoms with Crippen LogP contribution in [-0.4, -0.2) is 8.07 Å². The van der Waals surface area contributed by atoms with Crippen LogP contribution in [0, 0.1) is 22.9 Å². The smallest absolute Gasteiger partial charge is 0.110 e. The van der Waals surface area contributed by atoms with Crippen LogP contribution in [0.3, 0.4) is 0 Å². The van der Waals surface area contributed by atoms with E-state index in [9.17, 15) is 0 Å². The fourth-order valence-corrected chi connectivity index (χ4v) is 5.92. The van der Waals surface area contributed by atoms with Crippen LogP contribution < -0.4 is 0 Å². The highest BCUT2D eigenvalue weighted by molar-refractivity contribution is 6.96. The third-order valence-electron chi connectivity index (χ3n) is 4.20. The van der Waals surface area contributed by atoms with Crippen LogP contribution in [0.1, 0.15) is 38.8 Å². The average Bonchev–Trinajstić information content (AvgIpc) is 2.56. The molecule has 0 aromatic heterocycles. The van der Waals surface area contributed by atoms with E-state index in [4.69, 9.17) is 0 Å². The summed E-state index contributed by atoms with van der Waals surface area (Å²) in [6.45, 7) is 9.08. The molecule has 0 aliphatic rings. The molecule has 2 rings (SSSR count). The van der Waals surface area contributed by atoms with Gasteiger partial charge < -0.3 is 0 Å². The van der Waals surface area contributed by atoms with Gasteiger partial charge in [-0.2, -0.15) is 0 Å². The number of hydrogen-bond donors (Lipinski definition) is 0. The summed E-state index contributed by atoms with van der Waals surface area (Å²) in [4.78, 5) is 0. The first-order valence-corrected chi connectivity index (χ1v) is 10.4. The molecule has 0 heterocycles. The Kier molecular flexibility index (Phi) is 5.86. The summed E-state index contributed by atoms with van der Waals surface area (Å²) in [6, 6.07) is 20.5. The summed E-state index contributed by atoms with van der Waals surface area (Å²) < 4.78 is 0. The summed E-state index contributed by atoms with van der Waals surface area (Å²) in [7, 11) is -2.04. The molecule has 23 heavy (non-hydrogen) atoms. The van der Waals surface area contributed by atoms with Crippen LogP contribution in [0.25, 0.3) is 0 Å². The minimum absolute atomic E-state index is 0.495. The lowest BCUT2D eigenvalue weighted by Gasteiger charge is -2.28. The van der Waals surface area contributed by atoms with Crippen LogP contribution >= 0.6 is 0 Å². The Bertz CT molecular complexity index is 667. The van der Waals surface area contributed by atoms with E-state index in [0.29, 0.717) is 11.1 Å². The highest BCUT2D eigenvalue weighted by Gasteiger charge is 2.37. The van der Waals surface area contributed by atoms with Gasteiger partial charge in [0, 0.05) is 11.1 Å². The zero-order valence-corrected chi connectivity index (χ0v) is 15.4. The minimum Gasteiger partial charge on any atom is -0.110 e. The highest BCUT2D eigenvalue weighted by Crippen LogP contribution is 2.31. The largest absolute Gasteiger partial charge is 0.222 e. The van der Waals surface area contributed by atoms with Gasteiger partial charge in [0.1, 0.15) is 0 Å². The first kappa shape index (κ1) is 17.1. The Balaban J connectivity index is 2.45. The number of benzene rings is 2. The third kappa shape index (κ3) is 4.38. The number of rotatable bonds is 2. The second kappa shape index (κ2) is 7.86. The van der Waals surface area contributed by atoms with Crippen molar-refractivity contribution in [1.82, 2.24) is 0 Å².